The zero-order valence-electron chi connectivity index (χ0n) is 22.0. The first kappa shape index (κ1) is 27.9. The van der Waals surface area contributed by atoms with E-state index >= 15 is 0 Å². The second kappa shape index (κ2) is 11.1. The van der Waals surface area contributed by atoms with Gasteiger partial charge in [0.05, 0.1) is 25.0 Å². The standard InChI is InChI=1S/C27H36O8Si/c1-26(2,3)36(6,7)35-21-18-27(31-5,22-14-11-17-32-22)34-20(15-16-23(28)30-4)24(21)33-25(29)19-12-9-8-10-13-19/h8-17,20-21,24H,18H2,1-7H3/b16-15-/t20-,21-,24+,27-/m0/s1. The van der Waals surface area contributed by atoms with Gasteiger partial charge in [0.2, 0.25) is 5.79 Å². The second-order valence-corrected chi connectivity index (χ2v) is 15.0. The van der Waals surface area contributed by atoms with Gasteiger partial charge in [-0.3, -0.25) is 0 Å². The molecule has 3 rings (SSSR count). The summed E-state index contributed by atoms with van der Waals surface area (Å²) in [6, 6.07) is 12.2. The Bertz CT molecular complexity index is 1040. The van der Waals surface area contributed by atoms with E-state index in [1.807, 2.05) is 6.07 Å². The first-order valence-corrected chi connectivity index (χ1v) is 14.8. The van der Waals surface area contributed by atoms with E-state index in [-0.39, 0.29) is 11.5 Å². The van der Waals surface area contributed by atoms with E-state index in [1.54, 1.807) is 36.4 Å². The number of esters is 2. The molecule has 0 radical (unpaired) electrons. The van der Waals surface area contributed by atoms with Gasteiger partial charge in [0, 0.05) is 19.6 Å². The summed E-state index contributed by atoms with van der Waals surface area (Å²) >= 11 is 0. The fourth-order valence-electron chi connectivity index (χ4n) is 3.78. The number of hydrogen-bond acceptors (Lipinski definition) is 8. The van der Waals surface area contributed by atoms with Gasteiger partial charge in [0.25, 0.3) is 0 Å². The smallest absolute Gasteiger partial charge is 0.338 e. The highest BCUT2D eigenvalue weighted by Gasteiger charge is 2.54. The van der Waals surface area contributed by atoms with Crippen LogP contribution in [-0.2, 0) is 34.0 Å². The third kappa shape index (κ3) is 6.15. The highest BCUT2D eigenvalue weighted by Crippen LogP contribution is 2.45. The van der Waals surface area contributed by atoms with Crippen LogP contribution >= 0.6 is 0 Å². The molecule has 1 aliphatic rings. The van der Waals surface area contributed by atoms with E-state index in [9.17, 15) is 9.59 Å². The molecule has 1 aromatic heterocycles. The third-order valence-electron chi connectivity index (χ3n) is 6.84. The minimum Gasteiger partial charge on any atom is -0.466 e. The molecule has 0 aliphatic carbocycles. The largest absolute Gasteiger partial charge is 0.466 e. The first-order chi connectivity index (χ1) is 16.9. The SMILES string of the molecule is COC(=O)/C=C\[C@@H]1O[C@](OC)(c2ccco2)C[C@H](O[Si](C)(C)C(C)(C)C)[C@@H]1OC(=O)c1ccccc1. The lowest BCUT2D eigenvalue weighted by Crippen LogP contribution is -2.59. The number of ether oxygens (including phenoxy) is 4. The van der Waals surface area contributed by atoms with Gasteiger partial charge in [-0.05, 0) is 48.5 Å². The summed E-state index contributed by atoms with van der Waals surface area (Å²) in [5.74, 6) is -1.97. The van der Waals surface area contributed by atoms with Crippen LogP contribution in [0.5, 0.6) is 0 Å². The van der Waals surface area contributed by atoms with Gasteiger partial charge in [0.15, 0.2) is 20.2 Å². The van der Waals surface area contributed by atoms with E-state index < -0.39 is 44.4 Å². The van der Waals surface area contributed by atoms with Crippen molar-refractivity contribution in [3.8, 4) is 0 Å². The Kier molecular flexibility index (Phi) is 8.61. The molecular weight excluding hydrogens is 480 g/mol. The second-order valence-electron chi connectivity index (χ2n) is 10.3. The Balaban J connectivity index is 2.07. The van der Waals surface area contributed by atoms with Crippen LogP contribution in [0.2, 0.25) is 18.1 Å². The molecule has 0 spiro atoms. The van der Waals surface area contributed by atoms with E-state index in [0.29, 0.717) is 11.3 Å². The number of methoxy groups -OCH3 is 2. The van der Waals surface area contributed by atoms with E-state index in [1.165, 1.54) is 32.6 Å². The van der Waals surface area contributed by atoms with Gasteiger partial charge >= 0.3 is 11.9 Å². The Morgan fingerprint density at radius 3 is 2.33 bits per heavy atom. The summed E-state index contributed by atoms with van der Waals surface area (Å²) in [7, 11) is 0.447. The summed E-state index contributed by atoms with van der Waals surface area (Å²) in [4.78, 5) is 25.1. The monoisotopic (exact) mass is 516 g/mol. The van der Waals surface area contributed by atoms with Crippen molar-refractivity contribution < 1.29 is 37.4 Å². The number of furan rings is 1. The van der Waals surface area contributed by atoms with Crippen molar-refractivity contribution in [1.29, 1.82) is 0 Å². The maximum Gasteiger partial charge on any atom is 0.338 e. The van der Waals surface area contributed by atoms with Crippen LogP contribution in [0.25, 0.3) is 0 Å². The van der Waals surface area contributed by atoms with E-state index in [2.05, 4.69) is 33.9 Å². The average Bonchev–Trinajstić information content (AvgIpc) is 3.39. The van der Waals surface area contributed by atoms with Crippen LogP contribution in [0.1, 0.15) is 43.3 Å². The van der Waals surface area contributed by atoms with Gasteiger partial charge < -0.3 is 27.8 Å². The van der Waals surface area contributed by atoms with E-state index in [4.69, 9.17) is 27.8 Å². The van der Waals surface area contributed by atoms with Crippen molar-refractivity contribution in [2.24, 2.45) is 0 Å². The van der Waals surface area contributed by atoms with Crippen LogP contribution in [0, 0.1) is 0 Å². The lowest BCUT2D eigenvalue weighted by Gasteiger charge is -2.49. The molecule has 8 nitrogen and oxygen atoms in total. The van der Waals surface area contributed by atoms with Crippen LogP contribution in [-0.4, -0.2) is 52.8 Å². The van der Waals surface area contributed by atoms with E-state index in [0.717, 1.165) is 0 Å². The highest BCUT2D eigenvalue weighted by molar-refractivity contribution is 6.74. The molecule has 36 heavy (non-hydrogen) atoms. The molecule has 0 amide bonds. The molecule has 0 saturated carbocycles. The molecule has 1 aromatic carbocycles. The lowest BCUT2D eigenvalue weighted by molar-refractivity contribution is -0.313. The quantitative estimate of drug-likeness (QED) is 0.268. The summed E-state index contributed by atoms with van der Waals surface area (Å²) in [6.07, 6.45) is 2.10. The Hall–Kier alpha value is -2.72. The third-order valence-corrected chi connectivity index (χ3v) is 11.3. The van der Waals surface area contributed by atoms with Gasteiger partial charge in [-0.15, -0.1) is 0 Å². The molecule has 2 aromatic rings. The van der Waals surface area contributed by atoms with Crippen LogP contribution in [0.15, 0.2) is 65.3 Å². The summed E-state index contributed by atoms with van der Waals surface area (Å²) in [6.45, 7) is 10.6. The average molecular weight is 517 g/mol. The summed E-state index contributed by atoms with van der Waals surface area (Å²) in [5, 5.41) is -0.114. The molecule has 4 atom stereocenters. The molecule has 0 bridgehead atoms. The van der Waals surface area contributed by atoms with Crippen LogP contribution < -0.4 is 0 Å². The topological polar surface area (TPSA) is 93.4 Å². The molecular formula is C27H36O8Si. The predicted octanol–water partition coefficient (Wildman–Crippen LogP) is 5.21. The van der Waals surface area contributed by atoms with Gasteiger partial charge in [-0.2, -0.15) is 0 Å². The molecule has 0 unspecified atom stereocenters. The number of carbonyl (C=O) groups excluding carboxylic acids is 2. The maximum atomic E-state index is 13.1. The molecule has 0 N–H and O–H groups in total. The predicted molar refractivity (Wildman–Crippen MR) is 136 cm³/mol. The van der Waals surface area contributed by atoms with Crippen molar-refractivity contribution in [3.63, 3.8) is 0 Å². The fraction of sp³-hybridized carbons (Fsp3) is 0.481. The fourth-order valence-corrected chi connectivity index (χ4v) is 5.10. The van der Waals surface area contributed by atoms with Crippen LogP contribution in [0.4, 0.5) is 0 Å². The molecule has 196 valence electrons. The van der Waals surface area contributed by atoms with Crippen molar-refractivity contribution >= 4 is 20.3 Å². The number of carbonyl (C=O) groups is 2. The van der Waals surface area contributed by atoms with Gasteiger partial charge in [-0.25, -0.2) is 9.59 Å². The van der Waals surface area contributed by atoms with Gasteiger partial charge in [0.1, 0.15) is 6.10 Å². The maximum absolute atomic E-state index is 13.1. The van der Waals surface area contributed by atoms with Crippen molar-refractivity contribution in [2.45, 2.75) is 69.4 Å². The molecule has 2 heterocycles. The van der Waals surface area contributed by atoms with Crippen molar-refractivity contribution in [1.82, 2.24) is 0 Å². The molecule has 1 aliphatic heterocycles. The van der Waals surface area contributed by atoms with Crippen LogP contribution in [0.3, 0.4) is 0 Å². The minimum atomic E-state index is -2.35. The molecule has 9 heteroatoms. The Morgan fingerprint density at radius 1 is 1.08 bits per heavy atom. The zero-order chi connectivity index (χ0) is 26.6. The highest BCUT2D eigenvalue weighted by atomic mass is 28.4. The zero-order valence-corrected chi connectivity index (χ0v) is 23.0. The number of hydrogen-bond donors (Lipinski definition) is 0. The molecule has 1 fully saturated rings. The number of benzene rings is 1. The first-order valence-electron chi connectivity index (χ1n) is 11.9. The lowest BCUT2D eigenvalue weighted by atomic mass is 9.93. The molecule has 1 saturated heterocycles. The Morgan fingerprint density at radius 2 is 1.78 bits per heavy atom. The Labute approximate surface area is 213 Å². The normalized spacial score (nSPS) is 25.0. The van der Waals surface area contributed by atoms with Gasteiger partial charge in [-0.1, -0.05) is 39.0 Å². The van der Waals surface area contributed by atoms with Crippen molar-refractivity contribution in [3.05, 3.63) is 72.2 Å². The summed E-state index contributed by atoms with van der Waals surface area (Å²) in [5.41, 5.74) is 0.397. The van der Waals surface area contributed by atoms with Crippen molar-refractivity contribution in [2.75, 3.05) is 14.2 Å². The number of rotatable bonds is 8. The minimum absolute atomic E-state index is 0.114. The summed E-state index contributed by atoms with van der Waals surface area (Å²) < 4.78 is 35.6.